The molecule has 1 aromatic heterocycles. The molecule has 0 saturated heterocycles. The van der Waals surface area contributed by atoms with E-state index in [0.717, 1.165) is 4.57 Å². The Morgan fingerprint density at radius 3 is 2.69 bits per heavy atom. The highest BCUT2D eigenvalue weighted by atomic mass is 16.5. The van der Waals surface area contributed by atoms with Gasteiger partial charge in [0.05, 0.1) is 7.11 Å². The molecule has 0 fully saturated rings. The Bertz CT molecular complexity index is 397. The fourth-order valence-corrected chi connectivity index (χ4v) is 0.909. The molecule has 70 valence electrons. The molecule has 0 aliphatic heterocycles. The Morgan fingerprint density at radius 2 is 2.23 bits per heavy atom. The molecule has 0 aliphatic carbocycles. The summed E-state index contributed by atoms with van der Waals surface area (Å²) in [5.74, 6) is -0.116. The van der Waals surface area contributed by atoms with Gasteiger partial charge in [-0.25, -0.2) is 0 Å². The lowest BCUT2D eigenvalue weighted by Gasteiger charge is -2.06. The largest absolute Gasteiger partial charge is 0.468 e. The molecule has 0 saturated carbocycles. The number of anilines is 1. The molecule has 13 heavy (non-hydrogen) atoms. The number of ether oxygens (including phenoxy) is 1. The van der Waals surface area contributed by atoms with E-state index in [2.05, 4.69) is 4.98 Å². The average molecular weight is 183 g/mol. The van der Waals surface area contributed by atoms with Crippen LogP contribution in [0.1, 0.15) is 10.4 Å². The predicted molar refractivity (Wildman–Crippen MR) is 45.8 cm³/mol. The van der Waals surface area contributed by atoms with Crippen LogP contribution in [0.5, 0.6) is 6.01 Å². The van der Waals surface area contributed by atoms with E-state index in [1.807, 2.05) is 0 Å². The van der Waals surface area contributed by atoms with Crippen molar-refractivity contribution in [1.29, 1.82) is 0 Å². The van der Waals surface area contributed by atoms with Crippen LogP contribution in [0.3, 0.4) is 0 Å². The maximum atomic E-state index is 11.3. The summed E-state index contributed by atoms with van der Waals surface area (Å²) >= 11 is 0. The molecule has 0 atom stereocenters. The second-order valence-electron chi connectivity index (χ2n) is 2.38. The fraction of sp³-hybridized carbons (Fsp3) is 0.286. The lowest BCUT2D eigenvalue weighted by atomic mass is 10.3. The number of nitrogen functional groups attached to an aromatic ring is 1. The summed E-state index contributed by atoms with van der Waals surface area (Å²) in [6.07, 6.45) is 0.379. The van der Waals surface area contributed by atoms with Crippen LogP contribution in [0.15, 0.2) is 4.79 Å². The van der Waals surface area contributed by atoms with Crippen LogP contribution >= 0.6 is 0 Å². The number of nitrogens with two attached hydrogens (primary N) is 1. The summed E-state index contributed by atoms with van der Waals surface area (Å²) in [6, 6.07) is 0.0769. The lowest BCUT2D eigenvalue weighted by molar-refractivity contribution is 0.112. The first-order valence-corrected chi connectivity index (χ1v) is 3.47. The third kappa shape index (κ3) is 1.37. The van der Waals surface area contributed by atoms with E-state index in [0.29, 0.717) is 6.29 Å². The molecule has 1 heterocycles. The van der Waals surface area contributed by atoms with Crippen molar-refractivity contribution in [3.05, 3.63) is 15.9 Å². The van der Waals surface area contributed by atoms with E-state index >= 15 is 0 Å². The van der Waals surface area contributed by atoms with Gasteiger partial charge < -0.3 is 10.5 Å². The van der Waals surface area contributed by atoms with Gasteiger partial charge >= 0.3 is 6.01 Å². The molecule has 2 N–H and O–H groups in total. The zero-order valence-electron chi connectivity index (χ0n) is 7.27. The van der Waals surface area contributed by atoms with Crippen molar-refractivity contribution in [3.8, 4) is 6.01 Å². The van der Waals surface area contributed by atoms with Gasteiger partial charge in [-0.3, -0.25) is 14.2 Å². The summed E-state index contributed by atoms with van der Waals surface area (Å²) in [5.41, 5.74) is 4.68. The van der Waals surface area contributed by atoms with Gasteiger partial charge in [0.2, 0.25) is 0 Å². The molecular formula is C7H9N3O3. The van der Waals surface area contributed by atoms with E-state index < -0.39 is 5.56 Å². The highest BCUT2D eigenvalue weighted by Crippen LogP contribution is 2.06. The van der Waals surface area contributed by atoms with Crippen molar-refractivity contribution in [1.82, 2.24) is 9.55 Å². The van der Waals surface area contributed by atoms with E-state index in [9.17, 15) is 9.59 Å². The van der Waals surface area contributed by atoms with Gasteiger partial charge in [0.1, 0.15) is 11.4 Å². The number of aromatic nitrogens is 2. The van der Waals surface area contributed by atoms with Crippen LogP contribution in [0.2, 0.25) is 0 Å². The van der Waals surface area contributed by atoms with Crippen LogP contribution in [0.25, 0.3) is 0 Å². The van der Waals surface area contributed by atoms with E-state index in [-0.39, 0.29) is 17.4 Å². The quantitative estimate of drug-likeness (QED) is 0.605. The summed E-state index contributed by atoms with van der Waals surface area (Å²) in [4.78, 5) is 25.5. The summed E-state index contributed by atoms with van der Waals surface area (Å²) < 4.78 is 5.87. The lowest BCUT2D eigenvalue weighted by Crippen LogP contribution is -2.25. The Balaban J connectivity index is 3.55. The van der Waals surface area contributed by atoms with Gasteiger partial charge in [-0.05, 0) is 0 Å². The summed E-state index contributed by atoms with van der Waals surface area (Å²) in [5, 5.41) is 0. The number of carbonyl (C=O) groups is 1. The first kappa shape index (κ1) is 9.24. The van der Waals surface area contributed by atoms with Crippen molar-refractivity contribution in [2.24, 2.45) is 7.05 Å². The standard InChI is InChI=1S/C7H9N3O3/c1-10-6(12)4(3-11)5(8)9-7(10)13-2/h3H,8H2,1-2H3. The van der Waals surface area contributed by atoms with E-state index in [1.165, 1.54) is 14.2 Å². The van der Waals surface area contributed by atoms with Crippen molar-refractivity contribution in [2.45, 2.75) is 0 Å². The smallest absolute Gasteiger partial charge is 0.300 e. The summed E-state index contributed by atoms with van der Waals surface area (Å²) in [7, 11) is 2.81. The van der Waals surface area contributed by atoms with Gasteiger partial charge in [-0.1, -0.05) is 0 Å². The third-order valence-corrected chi connectivity index (χ3v) is 1.61. The Morgan fingerprint density at radius 1 is 1.62 bits per heavy atom. The molecule has 0 unspecified atom stereocenters. The molecule has 1 aromatic rings. The fourth-order valence-electron chi connectivity index (χ4n) is 0.909. The molecule has 1 rings (SSSR count). The Hall–Kier alpha value is -1.85. The van der Waals surface area contributed by atoms with Gasteiger partial charge in [0, 0.05) is 7.05 Å². The topological polar surface area (TPSA) is 87.2 Å². The molecule has 6 nitrogen and oxygen atoms in total. The molecule has 0 radical (unpaired) electrons. The van der Waals surface area contributed by atoms with Gasteiger partial charge in [-0.2, -0.15) is 4.98 Å². The average Bonchev–Trinajstić information content (AvgIpc) is 2.12. The summed E-state index contributed by atoms with van der Waals surface area (Å²) in [6.45, 7) is 0. The highest BCUT2D eigenvalue weighted by molar-refractivity contribution is 5.80. The van der Waals surface area contributed by atoms with Crippen molar-refractivity contribution < 1.29 is 9.53 Å². The second-order valence-corrected chi connectivity index (χ2v) is 2.38. The highest BCUT2D eigenvalue weighted by Gasteiger charge is 2.11. The van der Waals surface area contributed by atoms with E-state index in [4.69, 9.17) is 10.5 Å². The van der Waals surface area contributed by atoms with Crippen molar-refractivity contribution in [2.75, 3.05) is 12.8 Å². The number of aldehydes is 1. The number of hydrogen-bond acceptors (Lipinski definition) is 5. The minimum Gasteiger partial charge on any atom is -0.468 e. The van der Waals surface area contributed by atoms with Crippen LogP contribution in [-0.2, 0) is 7.05 Å². The predicted octanol–water partition coefficient (Wildman–Crippen LogP) is -0.816. The number of nitrogens with zero attached hydrogens (tertiary/aromatic N) is 2. The van der Waals surface area contributed by atoms with Gasteiger partial charge in [-0.15, -0.1) is 0 Å². The Kier molecular flexibility index (Phi) is 2.32. The molecule has 0 amide bonds. The van der Waals surface area contributed by atoms with Crippen molar-refractivity contribution in [3.63, 3.8) is 0 Å². The number of methoxy groups -OCH3 is 1. The zero-order chi connectivity index (χ0) is 10.0. The number of rotatable bonds is 2. The van der Waals surface area contributed by atoms with Gasteiger partial charge in [0.25, 0.3) is 5.56 Å². The van der Waals surface area contributed by atoms with Crippen LogP contribution in [0, 0.1) is 0 Å². The van der Waals surface area contributed by atoms with E-state index in [1.54, 1.807) is 0 Å². The molecule has 0 aromatic carbocycles. The molecule has 0 aliphatic rings. The molecular weight excluding hydrogens is 174 g/mol. The molecule has 6 heteroatoms. The maximum absolute atomic E-state index is 11.3. The maximum Gasteiger partial charge on any atom is 0.300 e. The first-order valence-electron chi connectivity index (χ1n) is 3.47. The van der Waals surface area contributed by atoms with Crippen molar-refractivity contribution >= 4 is 12.1 Å². The zero-order valence-corrected chi connectivity index (χ0v) is 7.27. The molecule has 0 spiro atoms. The minimum atomic E-state index is -0.514. The van der Waals surface area contributed by atoms with Crippen LogP contribution in [-0.4, -0.2) is 22.9 Å². The minimum absolute atomic E-state index is 0.0769. The van der Waals surface area contributed by atoms with Crippen LogP contribution in [0.4, 0.5) is 5.82 Å². The Labute approximate surface area is 74.0 Å². The van der Waals surface area contributed by atoms with Crippen LogP contribution < -0.4 is 16.0 Å². The monoisotopic (exact) mass is 183 g/mol. The second kappa shape index (κ2) is 3.26. The number of hydrogen-bond donors (Lipinski definition) is 1. The third-order valence-electron chi connectivity index (χ3n) is 1.61. The van der Waals surface area contributed by atoms with Gasteiger partial charge in [0.15, 0.2) is 6.29 Å². The molecule has 0 bridgehead atoms. The SMILES string of the molecule is COc1nc(N)c(C=O)c(=O)n1C. The normalized spacial score (nSPS) is 9.69. The number of carbonyl (C=O) groups excluding carboxylic acids is 1. The first-order chi connectivity index (χ1) is 6.11.